The van der Waals surface area contributed by atoms with E-state index in [1.165, 1.54) is 0 Å². The number of hydrogen-bond acceptors (Lipinski definition) is 4. The molecule has 2 aromatic rings. The molecule has 4 rings (SSSR count). The fraction of sp³-hybridized carbons (Fsp3) is 0.222. The Balaban J connectivity index is 1.86. The summed E-state index contributed by atoms with van der Waals surface area (Å²) in [4.78, 5) is 43.4. The van der Waals surface area contributed by atoms with Gasteiger partial charge in [0.1, 0.15) is 17.2 Å². The van der Waals surface area contributed by atoms with Gasteiger partial charge in [-0.25, -0.2) is 4.98 Å². The molecule has 0 N–H and O–H groups in total. The quantitative estimate of drug-likeness (QED) is 0.636. The molecule has 1 aromatic heterocycles. The van der Waals surface area contributed by atoms with Crippen LogP contribution in [0.1, 0.15) is 44.3 Å². The van der Waals surface area contributed by atoms with Crippen LogP contribution in [0.15, 0.2) is 29.8 Å². The molecule has 6 nitrogen and oxygen atoms in total. The summed E-state index contributed by atoms with van der Waals surface area (Å²) in [7, 11) is 3.44. The lowest BCUT2D eigenvalue weighted by Crippen LogP contribution is -2.22. The number of carbonyl (C=O) groups excluding carboxylic acids is 3. The third-order valence-corrected chi connectivity index (χ3v) is 4.62. The smallest absolute Gasteiger partial charge is 0.249 e. The number of hydrogen-bond donors (Lipinski definition) is 0. The first-order valence-corrected chi connectivity index (χ1v) is 7.70. The molecule has 0 radical (unpaired) electrons. The van der Waals surface area contributed by atoms with Gasteiger partial charge in [-0.1, -0.05) is 24.3 Å². The van der Waals surface area contributed by atoms with Crippen LogP contribution in [0, 0.1) is 0 Å². The van der Waals surface area contributed by atoms with Gasteiger partial charge in [0.25, 0.3) is 0 Å². The van der Waals surface area contributed by atoms with Crippen molar-refractivity contribution in [3.63, 3.8) is 0 Å². The van der Waals surface area contributed by atoms with Gasteiger partial charge < -0.3 is 9.47 Å². The van der Waals surface area contributed by atoms with Gasteiger partial charge in [0.15, 0.2) is 0 Å². The number of likely N-dealkylation sites (N-methyl/N-ethyl adjacent to an activating group) is 1. The predicted molar refractivity (Wildman–Crippen MR) is 86.7 cm³/mol. The molecule has 0 bridgehead atoms. The lowest BCUT2D eigenvalue weighted by atomic mass is 9.90. The number of likely N-dealkylation sites (tertiary alicyclic amines) is 1. The van der Waals surface area contributed by atoms with Crippen molar-refractivity contribution in [3.8, 4) is 0 Å². The van der Waals surface area contributed by atoms with Crippen LogP contribution in [0.25, 0.3) is 6.08 Å². The van der Waals surface area contributed by atoms with Crippen LogP contribution >= 0.6 is 0 Å². The van der Waals surface area contributed by atoms with Crippen LogP contribution in [0.3, 0.4) is 0 Å². The maximum absolute atomic E-state index is 12.7. The Morgan fingerprint density at radius 1 is 1.04 bits per heavy atom. The highest BCUT2D eigenvalue weighted by Crippen LogP contribution is 2.28. The van der Waals surface area contributed by atoms with E-state index in [1.54, 1.807) is 53.9 Å². The average molecular weight is 321 g/mol. The van der Waals surface area contributed by atoms with E-state index in [9.17, 15) is 14.4 Å². The zero-order valence-corrected chi connectivity index (χ0v) is 13.4. The van der Waals surface area contributed by atoms with Gasteiger partial charge in [-0.15, -0.1) is 0 Å². The summed E-state index contributed by atoms with van der Waals surface area (Å²) in [6.07, 6.45) is 2.31. The van der Waals surface area contributed by atoms with Crippen molar-refractivity contribution in [2.75, 3.05) is 13.6 Å². The van der Waals surface area contributed by atoms with E-state index in [0.29, 0.717) is 35.5 Å². The van der Waals surface area contributed by atoms with E-state index in [4.69, 9.17) is 0 Å². The van der Waals surface area contributed by atoms with Crippen LogP contribution < -0.4 is 0 Å². The van der Waals surface area contributed by atoms with Crippen molar-refractivity contribution < 1.29 is 14.4 Å². The highest BCUT2D eigenvalue weighted by molar-refractivity contribution is 6.27. The third-order valence-electron chi connectivity index (χ3n) is 4.62. The Bertz CT molecular complexity index is 952. The number of ketones is 2. The van der Waals surface area contributed by atoms with Crippen molar-refractivity contribution in [1.82, 2.24) is 14.5 Å². The van der Waals surface area contributed by atoms with E-state index >= 15 is 0 Å². The zero-order valence-electron chi connectivity index (χ0n) is 13.4. The number of aromatic nitrogens is 2. The third kappa shape index (κ3) is 1.89. The number of benzene rings is 1. The summed E-state index contributed by atoms with van der Waals surface area (Å²) in [6, 6.07) is 6.76. The molecule has 1 aliphatic heterocycles. The van der Waals surface area contributed by atoms with E-state index in [-0.39, 0.29) is 28.9 Å². The molecule has 2 heterocycles. The van der Waals surface area contributed by atoms with E-state index < -0.39 is 0 Å². The second-order valence-corrected chi connectivity index (χ2v) is 6.08. The second kappa shape index (κ2) is 4.99. The molecule has 0 spiro atoms. The topological polar surface area (TPSA) is 72.3 Å². The Kier molecular flexibility index (Phi) is 3.03. The maximum atomic E-state index is 12.7. The molecule has 1 aliphatic carbocycles. The van der Waals surface area contributed by atoms with Gasteiger partial charge in [-0.05, 0) is 12.5 Å². The van der Waals surface area contributed by atoms with E-state index in [0.717, 1.165) is 0 Å². The Hall–Kier alpha value is -3.02. The van der Waals surface area contributed by atoms with Crippen molar-refractivity contribution in [1.29, 1.82) is 0 Å². The number of carbonyl (C=O) groups is 3. The molecular formula is C18H15N3O3. The van der Waals surface area contributed by atoms with Crippen LogP contribution in [0.5, 0.6) is 0 Å². The number of nitrogens with zero attached hydrogens (tertiary/aromatic N) is 3. The van der Waals surface area contributed by atoms with E-state index in [1.807, 2.05) is 0 Å². The minimum Gasteiger partial charge on any atom is -0.342 e. The Morgan fingerprint density at radius 2 is 1.71 bits per heavy atom. The first-order valence-electron chi connectivity index (χ1n) is 7.70. The van der Waals surface area contributed by atoms with Crippen LogP contribution in [-0.2, 0) is 11.8 Å². The van der Waals surface area contributed by atoms with Crippen LogP contribution in [0.2, 0.25) is 0 Å². The molecule has 0 unspecified atom stereocenters. The van der Waals surface area contributed by atoms with Crippen LogP contribution in [-0.4, -0.2) is 45.5 Å². The number of fused-ring (bicyclic) bond motifs is 2. The highest BCUT2D eigenvalue weighted by atomic mass is 16.2. The molecule has 120 valence electrons. The summed E-state index contributed by atoms with van der Waals surface area (Å²) in [5.74, 6) is -0.0601. The van der Waals surface area contributed by atoms with Gasteiger partial charge in [0.05, 0.1) is 0 Å². The van der Waals surface area contributed by atoms with Gasteiger partial charge in [-0.3, -0.25) is 14.4 Å². The van der Waals surface area contributed by atoms with Crippen molar-refractivity contribution >= 4 is 23.5 Å². The minimum absolute atomic E-state index is 0.0445. The Morgan fingerprint density at radius 3 is 2.33 bits per heavy atom. The molecule has 2 aliphatic rings. The number of rotatable bonds is 1. The van der Waals surface area contributed by atoms with Crippen molar-refractivity contribution in [3.05, 3.63) is 58.2 Å². The Labute approximate surface area is 138 Å². The molecule has 1 fully saturated rings. The molecule has 0 saturated carbocycles. The lowest BCUT2D eigenvalue weighted by molar-refractivity contribution is -0.123. The maximum Gasteiger partial charge on any atom is 0.249 e. The standard InChI is InChI=1S/C18H15N3O3/c1-20-8-7-10(18(20)24)9-13-19-14-15(21(13)2)17(23)12-6-4-3-5-11(12)16(14)22/h3-6,9H,7-8H2,1-2H3/b10-9+. The predicted octanol–water partition coefficient (Wildman–Crippen LogP) is 1.44. The summed E-state index contributed by atoms with van der Waals surface area (Å²) in [5.41, 5.74) is 1.86. The van der Waals surface area contributed by atoms with Crippen LogP contribution in [0.4, 0.5) is 0 Å². The molecule has 0 atom stereocenters. The molecule has 1 saturated heterocycles. The fourth-order valence-corrected chi connectivity index (χ4v) is 3.23. The minimum atomic E-state index is -0.254. The SMILES string of the molecule is CN1CC/C(=C\c2nc3c(n2C)C(=O)c2ccccc2C3=O)C1=O. The summed E-state index contributed by atoms with van der Waals surface area (Å²) in [5, 5.41) is 0. The van der Waals surface area contributed by atoms with Gasteiger partial charge >= 0.3 is 0 Å². The second-order valence-electron chi connectivity index (χ2n) is 6.08. The molecular weight excluding hydrogens is 306 g/mol. The first kappa shape index (κ1) is 14.6. The summed E-state index contributed by atoms with van der Waals surface area (Å²) < 4.78 is 1.60. The summed E-state index contributed by atoms with van der Waals surface area (Å²) >= 11 is 0. The van der Waals surface area contributed by atoms with Gasteiger partial charge in [0, 0.05) is 37.3 Å². The zero-order chi connectivity index (χ0) is 17.0. The van der Waals surface area contributed by atoms with Gasteiger partial charge in [-0.2, -0.15) is 0 Å². The lowest BCUT2D eigenvalue weighted by Gasteiger charge is -2.13. The molecule has 1 aromatic carbocycles. The number of amides is 1. The molecule has 24 heavy (non-hydrogen) atoms. The fourth-order valence-electron chi connectivity index (χ4n) is 3.23. The summed E-state index contributed by atoms with van der Waals surface area (Å²) in [6.45, 7) is 0.665. The van der Waals surface area contributed by atoms with Gasteiger partial charge in [0.2, 0.25) is 17.5 Å². The monoisotopic (exact) mass is 321 g/mol. The van der Waals surface area contributed by atoms with Crippen molar-refractivity contribution in [2.45, 2.75) is 6.42 Å². The highest BCUT2D eigenvalue weighted by Gasteiger charge is 2.34. The molecule has 6 heteroatoms. The average Bonchev–Trinajstić information content (AvgIpc) is 3.08. The first-order chi connectivity index (χ1) is 11.5. The normalized spacial score (nSPS) is 18.3. The van der Waals surface area contributed by atoms with E-state index in [2.05, 4.69) is 4.98 Å². The molecule has 1 amide bonds. The number of imidazole rings is 1. The van der Waals surface area contributed by atoms with Crippen molar-refractivity contribution in [2.24, 2.45) is 7.05 Å². The largest absolute Gasteiger partial charge is 0.342 e.